The number of hydrogen-bond acceptors (Lipinski definition) is 6. The Bertz CT molecular complexity index is 1180. The molecule has 7 nitrogen and oxygen atoms in total. The van der Waals surface area contributed by atoms with Crippen molar-refractivity contribution >= 4 is 33.2 Å². The number of carbonyl (C=O) groups excluding carboxylic acids is 1. The smallest absolute Gasteiger partial charge is 0.252 e. The second kappa shape index (κ2) is 7.18. The highest BCUT2D eigenvalue weighted by atomic mass is 32.1. The normalized spacial score (nSPS) is 16.9. The molecule has 1 aliphatic heterocycles. The van der Waals surface area contributed by atoms with Crippen molar-refractivity contribution in [2.24, 2.45) is 0 Å². The van der Waals surface area contributed by atoms with E-state index >= 15 is 0 Å². The number of nitrogens with zero attached hydrogens (tertiary/aromatic N) is 6. The Balaban J connectivity index is 1.35. The maximum absolute atomic E-state index is 13.1. The SMILES string of the molecule is Cc1nc2ncnn2c(C)c1CCC(=O)N1CCCC1c1nc2ccccc2s1. The summed E-state index contributed by atoms with van der Waals surface area (Å²) in [5, 5.41) is 5.29. The lowest BCUT2D eigenvalue weighted by Gasteiger charge is -2.23. The summed E-state index contributed by atoms with van der Waals surface area (Å²) in [7, 11) is 0. The molecule has 29 heavy (non-hydrogen) atoms. The molecule has 1 saturated heterocycles. The van der Waals surface area contributed by atoms with Gasteiger partial charge in [0.2, 0.25) is 5.91 Å². The van der Waals surface area contributed by atoms with Crippen LogP contribution in [0.4, 0.5) is 0 Å². The van der Waals surface area contributed by atoms with Gasteiger partial charge in [-0.2, -0.15) is 10.1 Å². The second-order valence-corrected chi connectivity index (χ2v) is 8.56. The van der Waals surface area contributed by atoms with Crippen molar-refractivity contribution in [3.63, 3.8) is 0 Å². The summed E-state index contributed by atoms with van der Waals surface area (Å²) in [4.78, 5) is 28.6. The maximum Gasteiger partial charge on any atom is 0.252 e. The molecule has 0 N–H and O–H groups in total. The quantitative estimate of drug-likeness (QED) is 0.517. The number of benzene rings is 1. The van der Waals surface area contributed by atoms with Gasteiger partial charge in [0.15, 0.2) is 0 Å². The molecule has 0 spiro atoms. The molecule has 148 valence electrons. The number of amides is 1. The van der Waals surface area contributed by atoms with Crippen LogP contribution in [0.3, 0.4) is 0 Å². The van der Waals surface area contributed by atoms with Crippen molar-refractivity contribution in [3.8, 4) is 0 Å². The van der Waals surface area contributed by atoms with Gasteiger partial charge < -0.3 is 4.90 Å². The lowest BCUT2D eigenvalue weighted by molar-refractivity contribution is -0.132. The molecule has 0 saturated carbocycles. The molecule has 1 aliphatic rings. The molecule has 0 aliphatic carbocycles. The van der Waals surface area contributed by atoms with E-state index < -0.39 is 0 Å². The Morgan fingerprint density at radius 1 is 1.24 bits per heavy atom. The zero-order valence-electron chi connectivity index (χ0n) is 16.5. The Morgan fingerprint density at radius 2 is 2.10 bits per heavy atom. The number of para-hydroxylation sites is 1. The Labute approximate surface area is 172 Å². The van der Waals surface area contributed by atoms with E-state index in [0.717, 1.165) is 46.9 Å². The Hall–Kier alpha value is -2.87. The summed E-state index contributed by atoms with van der Waals surface area (Å²) in [6.07, 6.45) is 4.64. The van der Waals surface area contributed by atoms with Gasteiger partial charge >= 0.3 is 0 Å². The van der Waals surface area contributed by atoms with Gasteiger partial charge in [-0.1, -0.05) is 12.1 Å². The number of aromatic nitrogens is 5. The van der Waals surface area contributed by atoms with Gasteiger partial charge in [-0.15, -0.1) is 11.3 Å². The van der Waals surface area contributed by atoms with Crippen LogP contribution in [0.25, 0.3) is 16.0 Å². The van der Waals surface area contributed by atoms with Crippen LogP contribution in [-0.4, -0.2) is 41.9 Å². The predicted molar refractivity (Wildman–Crippen MR) is 112 cm³/mol. The number of aryl methyl sites for hydroxylation is 2. The molecule has 5 rings (SSSR count). The predicted octanol–water partition coefficient (Wildman–Crippen LogP) is 3.65. The van der Waals surface area contributed by atoms with Crippen LogP contribution in [0.1, 0.15) is 47.3 Å². The van der Waals surface area contributed by atoms with Crippen molar-refractivity contribution in [1.29, 1.82) is 0 Å². The highest BCUT2D eigenvalue weighted by Gasteiger charge is 2.32. The van der Waals surface area contributed by atoms with Crippen LogP contribution in [0, 0.1) is 13.8 Å². The molecule has 1 unspecified atom stereocenters. The number of likely N-dealkylation sites (tertiary alicyclic amines) is 1. The van der Waals surface area contributed by atoms with E-state index in [4.69, 9.17) is 4.98 Å². The molecule has 4 aromatic rings. The Morgan fingerprint density at radius 3 is 2.97 bits per heavy atom. The number of carbonyl (C=O) groups is 1. The summed E-state index contributed by atoms with van der Waals surface area (Å²) in [5.41, 5.74) is 4.01. The highest BCUT2D eigenvalue weighted by molar-refractivity contribution is 7.18. The van der Waals surface area contributed by atoms with E-state index in [0.29, 0.717) is 18.6 Å². The molecule has 3 aromatic heterocycles. The highest BCUT2D eigenvalue weighted by Crippen LogP contribution is 2.36. The van der Waals surface area contributed by atoms with Crippen LogP contribution in [0.2, 0.25) is 0 Å². The van der Waals surface area contributed by atoms with Gasteiger partial charge in [-0.3, -0.25) is 4.79 Å². The number of rotatable bonds is 4. The van der Waals surface area contributed by atoms with E-state index in [1.807, 2.05) is 36.9 Å². The Kier molecular flexibility index (Phi) is 4.50. The zero-order valence-corrected chi connectivity index (χ0v) is 17.3. The molecule has 1 fully saturated rings. The molecule has 8 heteroatoms. The van der Waals surface area contributed by atoms with Crippen LogP contribution in [-0.2, 0) is 11.2 Å². The monoisotopic (exact) mass is 406 g/mol. The van der Waals surface area contributed by atoms with Gasteiger partial charge in [-0.25, -0.2) is 14.5 Å². The van der Waals surface area contributed by atoms with Crippen LogP contribution in [0.15, 0.2) is 30.6 Å². The molecule has 0 bridgehead atoms. The molecule has 1 atom stereocenters. The first-order valence-corrected chi connectivity index (χ1v) is 10.7. The minimum absolute atomic E-state index is 0.0954. The largest absolute Gasteiger partial charge is 0.333 e. The molecule has 4 heterocycles. The maximum atomic E-state index is 13.1. The van der Waals surface area contributed by atoms with Crippen LogP contribution < -0.4 is 0 Å². The van der Waals surface area contributed by atoms with Crippen molar-refractivity contribution in [1.82, 2.24) is 29.5 Å². The van der Waals surface area contributed by atoms with E-state index in [2.05, 4.69) is 21.1 Å². The summed E-state index contributed by atoms with van der Waals surface area (Å²) in [6, 6.07) is 8.27. The fourth-order valence-electron chi connectivity index (χ4n) is 4.25. The summed E-state index contributed by atoms with van der Waals surface area (Å²) < 4.78 is 2.92. The summed E-state index contributed by atoms with van der Waals surface area (Å²) in [5.74, 6) is 0.787. The van der Waals surface area contributed by atoms with E-state index in [-0.39, 0.29) is 11.9 Å². The summed E-state index contributed by atoms with van der Waals surface area (Å²) in [6.45, 7) is 4.79. The first-order chi connectivity index (χ1) is 14.1. The first kappa shape index (κ1) is 18.2. The van der Waals surface area contributed by atoms with Gasteiger partial charge in [0.05, 0.1) is 16.3 Å². The first-order valence-electron chi connectivity index (χ1n) is 9.92. The van der Waals surface area contributed by atoms with Crippen LogP contribution in [0.5, 0.6) is 0 Å². The third-order valence-electron chi connectivity index (χ3n) is 5.75. The third kappa shape index (κ3) is 3.17. The van der Waals surface area contributed by atoms with Gasteiger partial charge in [0, 0.05) is 24.4 Å². The lowest BCUT2D eigenvalue weighted by atomic mass is 10.1. The van der Waals surface area contributed by atoms with E-state index in [1.165, 1.54) is 11.0 Å². The molecule has 1 aromatic carbocycles. The van der Waals surface area contributed by atoms with Crippen molar-refractivity contribution in [3.05, 3.63) is 52.6 Å². The van der Waals surface area contributed by atoms with E-state index in [9.17, 15) is 4.79 Å². The molecule has 1 amide bonds. The average molecular weight is 407 g/mol. The van der Waals surface area contributed by atoms with Gasteiger partial charge in [0.1, 0.15) is 11.3 Å². The van der Waals surface area contributed by atoms with Gasteiger partial charge in [0.25, 0.3) is 5.78 Å². The van der Waals surface area contributed by atoms with E-state index in [1.54, 1.807) is 15.9 Å². The standard InChI is InChI=1S/C21H22N6OS/c1-13-15(14(2)27-21(24-13)22-12-23-27)9-10-19(28)26-11-5-7-17(26)20-25-16-6-3-4-8-18(16)29-20/h3-4,6,8,12,17H,5,7,9-11H2,1-2H3. The molecular weight excluding hydrogens is 384 g/mol. The summed E-state index contributed by atoms with van der Waals surface area (Å²) >= 11 is 1.70. The third-order valence-corrected chi connectivity index (χ3v) is 6.88. The van der Waals surface area contributed by atoms with Crippen molar-refractivity contribution in [2.75, 3.05) is 6.54 Å². The topological polar surface area (TPSA) is 76.3 Å². The zero-order chi connectivity index (χ0) is 20.0. The second-order valence-electron chi connectivity index (χ2n) is 7.50. The van der Waals surface area contributed by atoms with Crippen molar-refractivity contribution in [2.45, 2.75) is 45.6 Å². The van der Waals surface area contributed by atoms with Crippen molar-refractivity contribution < 1.29 is 4.79 Å². The number of thiazole rings is 1. The molecular formula is C21H22N6OS. The lowest BCUT2D eigenvalue weighted by Crippen LogP contribution is -2.30. The number of fused-ring (bicyclic) bond motifs is 2. The van der Waals surface area contributed by atoms with Gasteiger partial charge in [-0.05, 0) is 50.8 Å². The minimum atomic E-state index is 0.0954. The average Bonchev–Trinajstić information content (AvgIpc) is 3.45. The number of hydrogen-bond donors (Lipinski definition) is 0. The molecule has 0 radical (unpaired) electrons. The fraction of sp³-hybridized carbons (Fsp3) is 0.381. The van der Waals surface area contributed by atoms with Crippen LogP contribution >= 0.6 is 11.3 Å². The fourth-order valence-corrected chi connectivity index (χ4v) is 5.36. The minimum Gasteiger partial charge on any atom is -0.333 e.